The van der Waals surface area contributed by atoms with Gasteiger partial charge in [0, 0.05) is 17.5 Å². The van der Waals surface area contributed by atoms with Gasteiger partial charge < -0.3 is 10.4 Å². The van der Waals surface area contributed by atoms with Gasteiger partial charge in [-0.2, -0.15) is 0 Å². The van der Waals surface area contributed by atoms with E-state index in [-0.39, 0.29) is 0 Å². The van der Waals surface area contributed by atoms with Gasteiger partial charge in [0.1, 0.15) is 0 Å². The van der Waals surface area contributed by atoms with Crippen molar-refractivity contribution >= 4 is 11.3 Å². The van der Waals surface area contributed by atoms with Crippen LogP contribution in [0.1, 0.15) is 44.5 Å². The quantitative estimate of drug-likeness (QED) is 0.783. The van der Waals surface area contributed by atoms with Gasteiger partial charge >= 0.3 is 0 Å². The summed E-state index contributed by atoms with van der Waals surface area (Å²) in [6.07, 6.45) is 1.83. The van der Waals surface area contributed by atoms with Crippen molar-refractivity contribution in [2.24, 2.45) is 0 Å². The molecule has 0 radical (unpaired) electrons. The van der Waals surface area contributed by atoms with Crippen molar-refractivity contribution in [3.8, 4) is 0 Å². The Bertz CT molecular complexity index is 269. The molecule has 0 fully saturated rings. The van der Waals surface area contributed by atoms with Crippen molar-refractivity contribution < 1.29 is 5.11 Å². The molecule has 0 aliphatic rings. The zero-order chi connectivity index (χ0) is 11.3. The van der Waals surface area contributed by atoms with Crippen molar-refractivity contribution in [2.75, 3.05) is 6.54 Å². The van der Waals surface area contributed by atoms with Gasteiger partial charge in [0.15, 0.2) is 0 Å². The topological polar surface area (TPSA) is 32.3 Å². The summed E-state index contributed by atoms with van der Waals surface area (Å²) in [4.78, 5) is 1.35. The third kappa shape index (κ3) is 3.93. The van der Waals surface area contributed by atoms with Crippen molar-refractivity contribution in [2.45, 2.75) is 45.3 Å². The van der Waals surface area contributed by atoms with E-state index in [0.717, 1.165) is 12.8 Å². The number of thiophene rings is 1. The Balaban J connectivity index is 2.49. The minimum absolute atomic E-state index is 0.378. The highest BCUT2D eigenvalue weighted by Gasteiger charge is 2.19. The molecule has 2 unspecified atom stereocenters. The molecule has 0 amide bonds. The normalized spacial score (nSPS) is 17.3. The molecule has 15 heavy (non-hydrogen) atoms. The summed E-state index contributed by atoms with van der Waals surface area (Å²) in [5.74, 6) is 0. The second-order valence-electron chi connectivity index (χ2n) is 4.21. The Morgan fingerprint density at radius 1 is 1.53 bits per heavy atom. The molecule has 1 heterocycles. The number of nitrogens with one attached hydrogen (secondary N) is 1. The predicted molar refractivity (Wildman–Crippen MR) is 66.3 cm³/mol. The van der Waals surface area contributed by atoms with Crippen LogP contribution < -0.4 is 5.32 Å². The van der Waals surface area contributed by atoms with E-state index in [9.17, 15) is 5.11 Å². The first-order chi connectivity index (χ1) is 7.09. The molecule has 0 saturated heterocycles. The summed E-state index contributed by atoms with van der Waals surface area (Å²) in [5, 5.41) is 15.4. The van der Waals surface area contributed by atoms with E-state index < -0.39 is 5.60 Å². The average molecular weight is 227 g/mol. The SMILES string of the molecule is CCC(NCC(C)(O)CC)c1cccs1. The second kappa shape index (κ2) is 5.64. The molecule has 0 saturated carbocycles. The van der Waals surface area contributed by atoms with Crippen LogP contribution in [0.4, 0.5) is 0 Å². The smallest absolute Gasteiger partial charge is 0.0741 e. The lowest BCUT2D eigenvalue weighted by Gasteiger charge is -2.25. The molecule has 2 atom stereocenters. The van der Waals surface area contributed by atoms with Gasteiger partial charge in [0.2, 0.25) is 0 Å². The minimum Gasteiger partial charge on any atom is -0.389 e. The van der Waals surface area contributed by atoms with Crippen LogP contribution in [-0.4, -0.2) is 17.3 Å². The van der Waals surface area contributed by atoms with Crippen LogP contribution in [-0.2, 0) is 0 Å². The maximum absolute atomic E-state index is 9.91. The van der Waals surface area contributed by atoms with Crippen molar-refractivity contribution in [1.29, 1.82) is 0 Å². The van der Waals surface area contributed by atoms with Crippen LogP contribution in [0.2, 0.25) is 0 Å². The number of hydrogen-bond acceptors (Lipinski definition) is 3. The van der Waals surface area contributed by atoms with E-state index in [1.165, 1.54) is 4.88 Å². The number of hydrogen-bond donors (Lipinski definition) is 2. The lowest BCUT2D eigenvalue weighted by atomic mass is 10.0. The summed E-state index contributed by atoms with van der Waals surface area (Å²) >= 11 is 1.77. The maximum Gasteiger partial charge on any atom is 0.0741 e. The van der Waals surface area contributed by atoms with Crippen molar-refractivity contribution in [3.05, 3.63) is 22.4 Å². The van der Waals surface area contributed by atoms with E-state index in [1.54, 1.807) is 11.3 Å². The average Bonchev–Trinajstić information content (AvgIpc) is 2.72. The highest BCUT2D eigenvalue weighted by atomic mass is 32.1. The molecular formula is C12H21NOS. The lowest BCUT2D eigenvalue weighted by molar-refractivity contribution is 0.0527. The van der Waals surface area contributed by atoms with Gasteiger partial charge in [-0.05, 0) is 31.2 Å². The second-order valence-corrected chi connectivity index (χ2v) is 5.19. The van der Waals surface area contributed by atoms with Crippen molar-refractivity contribution in [1.82, 2.24) is 5.32 Å². The fourth-order valence-corrected chi connectivity index (χ4v) is 2.29. The molecule has 0 aromatic carbocycles. The van der Waals surface area contributed by atoms with E-state index in [0.29, 0.717) is 12.6 Å². The molecule has 0 aliphatic carbocycles. The number of aliphatic hydroxyl groups is 1. The van der Waals surface area contributed by atoms with Gasteiger partial charge in [0.05, 0.1) is 5.60 Å². The summed E-state index contributed by atoms with van der Waals surface area (Å²) in [6.45, 7) is 6.70. The van der Waals surface area contributed by atoms with Crippen molar-refractivity contribution in [3.63, 3.8) is 0 Å². The molecule has 86 valence electrons. The molecule has 0 spiro atoms. The first-order valence-corrected chi connectivity index (χ1v) is 6.46. The first-order valence-electron chi connectivity index (χ1n) is 5.58. The molecule has 2 N–H and O–H groups in total. The fraction of sp³-hybridized carbons (Fsp3) is 0.667. The molecular weight excluding hydrogens is 206 g/mol. The van der Waals surface area contributed by atoms with E-state index >= 15 is 0 Å². The Morgan fingerprint density at radius 3 is 2.73 bits per heavy atom. The first kappa shape index (κ1) is 12.7. The molecule has 3 heteroatoms. The standard InChI is InChI=1S/C12H21NOS/c1-4-10(11-7-6-8-15-11)13-9-12(3,14)5-2/h6-8,10,13-14H,4-5,9H2,1-3H3. The predicted octanol–water partition coefficient (Wildman–Crippen LogP) is 2.95. The summed E-state index contributed by atoms with van der Waals surface area (Å²) < 4.78 is 0. The molecule has 1 rings (SSSR count). The van der Waals surface area contributed by atoms with Crippen LogP contribution in [0.15, 0.2) is 17.5 Å². The minimum atomic E-state index is -0.593. The van der Waals surface area contributed by atoms with Crippen LogP contribution in [0.5, 0.6) is 0 Å². The molecule has 0 bridgehead atoms. The van der Waals surface area contributed by atoms with Crippen LogP contribution >= 0.6 is 11.3 Å². The van der Waals surface area contributed by atoms with Crippen LogP contribution in [0.25, 0.3) is 0 Å². The summed E-state index contributed by atoms with van der Waals surface area (Å²) in [7, 11) is 0. The van der Waals surface area contributed by atoms with Gasteiger partial charge in [-0.3, -0.25) is 0 Å². The zero-order valence-electron chi connectivity index (χ0n) is 9.79. The number of rotatable bonds is 6. The van der Waals surface area contributed by atoms with E-state index in [4.69, 9.17) is 0 Å². The highest BCUT2D eigenvalue weighted by molar-refractivity contribution is 7.10. The molecule has 1 aromatic rings. The third-order valence-electron chi connectivity index (χ3n) is 2.79. The highest BCUT2D eigenvalue weighted by Crippen LogP contribution is 2.22. The van der Waals surface area contributed by atoms with Gasteiger partial charge in [-0.15, -0.1) is 11.3 Å². The fourth-order valence-electron chi connectivity index (χ4n) is 1.40. The largest absolute Gasteiger partial charge is 0.389 e. The Hall–Kier alpha value is -0.380. The molecule has 1 aromatic heterocycles. The summed E-state index contributed by atoms with van der Waals surface area (Å²) in [6, 6.07) is 4.59. The van der Waals surface area contributed by atoms with Gasteiger partial charge in [-0.25, -0.2) is 0 Å². The van der Waals surface area contributed by atoms with Crippen LogP contribution in [0.3, 0.4) is 0 Å². The monoisotopic (exact) mass is 227 g/mol. The van der Waals surface area contributed by atoms with E-state index in [1.807, 2.05) is 13.8 Å². The lowest BCUT2D eigenvalue weighted by Crippen LogP contribution is -2.38. The summed E-state index contributed by atoms with van der Waals surface area (Å²) in [5.41, 5.74) is -0.593. The maximum atomic E-state index is 9.91. The Kier molecular flexibility index (Phi) is 4.77. The molecule has 2 nitrogen and oxygen atoms in total. The van der Waals surface area contributed by atoms with E-state index in [2.05, 4.69) is 29.8 Å². The Morgan fingerprint density at radius 2 is 2.27 bits per heavy atom. The van der Waals surface area contributed by atoms with Crippen LogP contribution in [0, 0.1) is 0 Å². The molecule has 0 aliphatic heterocycles. The third-order valence-corrected chi connectivity index (χ3v) is 3.77. The Labute approximate surface area is 96.3 Å². The zero-order valence-corrected chi connectivity index (χ0v) is 10.6. The van der Waals surface area contributed by atoms with Gasteiger partial charge in [0.25, 0.3) is 0 Å². The van der Waals surface area contributed by atoms with Gasteiger partial charge in [-0.1, -0.05) is 19.9 Å².